The molecular weight excluding hydrogens is 295 g/mol. The van der Waals surface area contributed by atoms with Crippen LogP contribution in [0.25, 0.3) is 0 Å². The van der Waals surface area contributed by atoms with Gasteiger partial charge in [0.25, 0.3) is 0 Å². The van der Waals surface area contributed by atoms with Crippen molar-refractivity contribution in [1.82, 2.24) is 9.97 Å². The largest absolute Gasteiger partial charge is 0.326 e. The predicted molar refractivity (Wildman–Crippen MR) is 64.4 cm³/mol. The van der Waals surface area contributed by atoms with Gasteiger partial charge >= 0.3 is 0 Å². The predicted octanol–water partition coefficient (Wildman–Crippen LogP) is 1.26. The number of carbonyl (C=O) groups is 1. The number of hydrogen-bond donors (Lipinski definition) is 1. The molecule has 7 heteroatoms. The van der Waals surface area contributed by atoms with E-state index in [1.54, 1.807) is 6.92 Å². The van der Waals surface area contributed by atoms with Crippen LogP contribution in [0.15, 0.2) is 4.47 Å². The van der Waals surface area contributed by atoms with Crippen molar-refractivity contribution in [2.24, 2.45) is 5.73 Å². The number of aryl methyl sites for hydroxylation is 1. The first-order chi connectivity index (χ1) is 7.49. The van der Waals surface area contributed by atoms with E-state index in [0.717, 1.165) is 0 Å². The monoisotopic (exact) mass is 304 g/mol. The second-order valence-corrected chi connectivity index (χ2v) is 4.83. The molecule has 0 spiro atoms. The summed E-state index contributed by atoms with van der Waals surface area (Å²) in [5.41, 5.74) is 6.40. The minimum absolute atomic E-state index is 0.0645. The molecule has 86 valence electrons. The average molecular weight is 306 g/mol. The van der Waals surface area contributed by atoms with E-state index >= 15 is 0 Å². The number of carbonyl (C=O) groups excluding carboxylic acids is 1. The molecule has 1 aliphatic rings. The van der Waals surface area contributed by atoms with Gasteiger partial charge in [-0.2, -0.15) is 4.98 Å². The highest BCUT2D eigenvalue weighted by molar-refractivity contribution is 9.10. The molecule has 2 heterocycles. The molecule has 0 aromatic carbocycles. The zero-order valence-corrected chi connectivity index (χ0v) is 10.9. The number of nitrogens with zero attached hydrogens (tertiary/aromatic N) is 3. The van der Waals surface area contributed by atoms with E-state index in [9.17, 15) is 4.79 Å². The molecule has 5 nitrogen and oxygen atoms in total. The van der Waals surface area contributed by atoms with E-state index in [-0.39, 0.29) is 11.9 Å². The van der Waals surface area contributed by atoms with Crippen LogP contribution in [-0.4, -0.2) is 28.5 Å². The summed E-state index contributed by atoms with van der Waals surface area (Å²) >= 11 is 9.18. The highest BCUT2D eigenvalue weighted by Crippen LogP contribution is 2.26. The van der Waals surface area contributed by atoms with Gasteiger partial charge in [-0.1, -0.05) is 11.6 Å². The highest BCUT2D eigenvalue weighted by Gasteiger charge is 2.30. The summed E-state index contributed by atoms with van der Waals surface area (Å²) in [7, 11) is 0. The molecule has 16 heavy (non-hydrogen) atoms. The van der Waals surface area contributed by atoms with Crippen molar-refractivity contribution < 1.29 is 4.79 Å². The van der Waals surface area contributed by atoms with Crippen molar-refractivity contribution in [3.8, 4) is 0 Å². The lowest BCUT2D eigenvalue weighted by molar-refractivity contribution is -0.117. The summed E-state index contributed by atoms with van der Waals surface area (Å²) in [6.45, 7) is 2.23. The first-order valence-corrected chi connectivity index (χ1v) is 5.91. The van der Waals surface area contributed by atoms with E-state index in [1.165, 1.54) is 4.90 Å². The van der Waals surface area contributed by atoms with Gasteiger partial charge in [-0.05, 0) is 22.9 Å². The summed E-state index contributed by atoms with van der Waals surface area (Å²) < 4.78 is 0.647. The van der Waals surface area contributed by atoms with Gasteiger partial charge in [0.05, 0.1) is 10.2 Å². The fraction of sp³-hybridized carbons (Fsp3) is 0.444. The number of amides is 1. The Hall–Kier alpha value is -0.720. The maximum absolute atomic E-state index is 11.6. The molecule has 1 aromatic rings. The Bertz CT molecular complexity index is 430. The molecule has 2 rings (SSSR count). The third-order valence-electron chi connectivity index (χ3n) is 2.36. The zero-order chi connectivity index (χ0) is 11.9. The summed E-state index contributed by atoms with van der Waals surface area (Å²) in [6.07, 6.45) is 0.329. The highest BCUT2D eigenvalue weighted by atomic mass is 79.9. The molecule has 1 fully saturated rings. The third kappa shape index (κ3) is 2.05. The summed E-state index contributed by atoms with van der Waals surface area (Å²) in [5.74, 6) is 0.258. The zero-order valence-electron chi connectivity index (χ0n) is 8.57. The lowest BCUT2D eigenvalue weighted by Crippen LogP contribution is -2.29. The van der Waals surface area contributed by atoms with Crippen LogP contribution in [-0.2, 0) is 4.79 Å². The van der Waals surface area contributed by atoms with Crippen molar-refractivity contribution in [1.29, 1.82) is 0 Å². The van der Waals surface area contributed by atoms with Gasteiger partial charge in [0.15, 0.2) is 0 Å². The van der Waals surface area contributed by atoms with E-state index < -0.39 is 0 Å². The smallest absolute Gasteiger partial charge is 0.233 e. The van der Waals surface area contributed by atoms with Crippen LogP contribution in [0.5, 0.6) is 0 Å². The Morgan fingerprint density at radius 2 is 2.25 bits per heavy atom. The molecular formula is C9H10BrClN4O. The van der Waals surface area contributed by atoms with Gasteiger partial charge in [0.2, 0.25) is 11.9 Å². The minimum Gasteiger partial charge on any atom is -0.326 e. The van der Waals surface area contributed by atoms with Crippen LogP contribution in [0.2, 0.25) is 5.15 Å². The van der Waals surface area contributed by atoms with Crippen molar-refractivity contribution in [2.45, 2.75) is 19.4 Å². The van der Waals surface area contributed by atoms with Gasteiger partial charge < -0.3 is 5.73 Å². The second kappa shape index (κ2) is 4.27. The molecule has 0 radical (unpaired) electrons. The van der Waals surface area contributed by atoms with Crippen LogP contribution >= 0.6 is 27.5 Å². The number of halogens is 2. The number of aromatic nitrogens is 2. The Balaban J connectivity index is 2.38. The third-order valence-corrected chi connectivity index (χ3v) is 3.81. The van der Waals surface area contributed by atoms with E-state index in [4.69, 9.17) is 17.3 Å². The quantitative estimate of drug-likeness (QED) is 0.793. The maximum atomic E-state index is 11.6. The molecule has 1 aliphatic heterocycles. The lowest BCUT2D eigenvalue weighted by atomic mass is 10.3. The first-order valence-electron chi connectivity index (χ1n) is 4.74. The van der Waals surface area contributed by atoms with Crippen LogP contribution < -0.4 is 10.6 Å². The standard InChI is InChI=1S/C9H10BrClN4O/c1-4-7(10)8(11)14-9(13-4)15-3-5(12)2-6(15)16/h5H,2-3,12H2,1H3. The minimum atomic E-state index is -0.154. The maximum Gasteiger partial charge on any atom is 0.233 e. The van der Waals surface area contributed by atoms with E-state index in [2.05, 4.69) is 25.9 Å². The van der Waals surface area contributed by atoms with E-state index in [1.807, 2.05) is 0 Å². The number of nitrogens with two attached hydrogens (primary N) is 1. The molecule has 0 aliphatic carbocycles. The molecule has 1 unspecified atom stereocenters. The Morgan fingerprint density at radius 1 is 1.56 bits per heavy atom. The van der Waals surface area contributed by atoms with E-state index in [0.29, 0.717) is 34.2 Å². The van der Waals surface area contributed by atoms with Crippen LogP contribution in [0.3, 0.4) is 0 Å². The fourth-order valence-corrected chi connectivity index (χ4v) is 1.95. The van der Waals surface area contributed by atoms with Crippen LogP contribution in [0, 0.1) is 6.92 Å². The van der Waals surface area contributed by atoms with Gasteiger partial charge in [0, 0.05) is 19.0 Å². The first kappa shape index (κ1) is 11.8. The Morgan fingerprint density at radius 3 is 2.75 bits per heavy atom. The van der Waals surface area contributed by atoms with Gasteiger partial charge in [-0.15, -0.1) is 0 Å². The molecule has 1 aromatic heterocycles. The van der Waals surface area contributed by atoms with Crippen molar-refractivity contribution >= 4 is 39.4 Å². The van der Waals surface area contributed by atoms with Crippen molar-refractivity contribution in [3.63, 3.8) is 0 Å². The topological polar surface area (TPSA) is 72.1 Å². The molecule has 1 atom stereocenters. The van der Waals surface area contributed by atoms with Crippen molar-refractivity contribution in [3.05, 3.63) is 15.3 Å². The lowest BCUT2D eigenvalue weighted by Gasteiger charge is -2.14. The number of rotatable bonds is 1. The molecule has 0 bridgehead atoms. The molecule has 1 amide bonds. The summed E-state index contributed by atoms with van der Waals surface area (Å²) in [5, 5.41) is 0.302. The Labute approximate surface area is 106 Å². The second-order valence-electron chi connectivity index (χ2n) is 3.68. The molecule has 2 N–H and O–H groups in total. The molecule has 1 saturated heterocycles. The molecule has 0 saturated carbocycles. The number of anilines is 1. The summed E-state index contributed by atoms with van der Waals surface area (Å²) in [6, 6.07) is -0.154. The normalized spacial score (nSPS) is 20.6. The van der Waals surface area contributed by atoms with Crippen molar-refractivity contribution in [2.75, 3.05) is 11.4 Å². The van der Waals surface area contributed by atoms with Gasteiger partial charge in [-0.3, -0.25) is 9.69 Å². The SMILES string of the molecule is Cc1nc(N2CC(N)CC2=O)nc(Cl)c1Br. The average Bonchev–Trinajstić information content (AvgIpc) is 2.53. The van der Waals surface area contributed by atoms with Crippen LogP contribution in [0.4, 0.5) is 5.95 Å². The fourth-order valence-electron chi connectivity index (χ4n) is 1.56. The van der Waals surface area contributed by atoms with Gasteiger partial charge in [-0.25, -0.2) is 4.98 Å². The van der Waals surface area contributed by atoms with Gasteiger partial charge in [0.1, 0.15) is 5.15 Å². The van der Waals surface area contributed by atoms with Crippen LogP contribution in [0.1, 0.15) is 12.1 Å². The Kier molecular flexibility index (Phi) is 3.14. The number of hydrogen-bond acceptors (Lipinski definition) is 4. The summed E-state index contributed by atoms with van der Waals surface area (Å²) in [4.78, 5) is 21.3.